The van der Waals surface area contributed by atoms with Gasteiger partial charge in [-0.25, -0.2) is 0 Å². The Balaban J connectivity index is 3.99. The molecule has 0 aliphatic heterocycles. The summed E-state index contributed by atoms with van der Waals surface area (Å²) in [6, 6.07) is 0. The fourth-order valence-corrected chi connectivity index (χ4v) is 4.48. The van der Waals surface area contributed by atoms with Crippen LogP contribution in [0.15, 0.2) is 0 Å². The third-order valence-corrected chi connectivity index (χ3v) is 6.15. The normalized spacial score (nSPS) is 15.4. The van der Waals surface area contributed by atoms with Crippen molar-refractivity contribution >= 4 is 20.8 Å². The Morgan fingerprint density at radius 2 is 1.60 bits per heavy atom. The van der Waals surface area contributed by atoms with Gasteiger partial charge in [0.05, 0.1) is 0 Å². The van der Waals surface area contributed by atoms with Gasteiger partial charge in [0, 0.05) is 0 Å². The van der Waals surface area contributed by atoms with E-state index in [1.165, 1.54) is 51.4 Å². The number of hydrogen-bond donors (Lipinski definition) is 0. The molecule has 2 unspecified atom stereocenters. The highest BCUT2D eigenvalue weighted by atomic mass is 31.1. The molecule has 0 aromatic carbocycles. The number of unbranched alkanes of at least 4 members (excludes halogenated alkanes) is 3. The molecule has 0 heterocycles. The number of rotatable bonds is 9. The SMILES string of the molecule is B/[PH](=C/CC)C(CCCC)CCCCC. The Labute approximate surface area is 99.0 Å². The van der Waals surface area contributed by atoms with Gasteiger partial charge in [0.2, 0.25) is 0 Å². The largest absolute Gasteiger partial charge is 0.153 e. The third-order valence-electron chi connectivity index (χ3n) is 3.23. The van der Waals surface area contributed by atoms with Gasteiger partial charge in [-0.15, -0.1) is 0 Å². The number of hydrogen-bond acceptors (Lipinski definition) is 0. The minimum absolute atomic E-state index is 0.157. The third kappa shape index (κ3) is 8.20. The molecule has 0 aromatic rings. The van der Waals surface area contributed by atoms with Gasteiger partial charge in [-0.3, -0.25) is 0 Å². The summed E-state index contributed by atoms with van der Waals surface area (Å²) in [5, 5.41) is 0. The van der Waals surface area contributed by atoms with Crippen LogP contribution in [-0.4, -0.2) is 19.0 Å². The second kappa shape index (κ2) is 10.9. The van der Waals surface area contributed by atoms with E-state index in [0.29, 0.717) is 0 Å². The van der Waals surface area contributed by atoms with Crippen LogP contribution in [0.2, 0.25) is 0 Å². The first-order chi connectivity index (χ1) is 7.26. The molecule has 0 bridgehead atoms. The molecule has 0 spiro atoms. The molecule has 0 aromatic heterocycles. The van der Waals surface area contributed by atoms with E-state index < -0.39 is 0 Å². The standard InChI is InChI=1S/C13H30BP/c1-4-7-9-11-13(10-8-5-2)15(14)12-6-3/h12-13,15H,4-11,14H2,1-3H3. The smallest absolute Gasteiger partial charge is 0.131 e. The van der Waals surface area contributed by atoms with Crippen LogP contribution in [0.3, 0.4) is 0 Å². The van der Waals surface area contributed by atoms with Crippen LogP contribution in [-0.2, 0) is 0 Å². The summed E-state index contributed by atoms with van der Waals surface area (Å²) in [6.45, 7) is 6.91. The molecule has 0 amide bonds. The lowest BCUT2D eigenvalue weighted by Gasteiger charge is -2.18. The summed E-state index contributed by atoms with van der Waals surface area (Å²) in [4.78, 5) is 0. The molecule has 0 saturated heterocycles. The minimum atomic E-state index is -0.157. The van der Waals surface area contributed by atoms with Crippen molar-refractivity contribution in [2.24, 2.45) is 0 Å². The fourth-order valence-electron chi connectivity index (χ4n) is 2.18. The molecule has 0 N–H and O–H groups in total. The van der Waals surface area contributed by atoms with Gasteiger partial charge in [0.15, 0.2) is 0 Å². The first-order valence-corrected chi connectivity index (χ1v) is 9.08. The van der Waals surface area contributed by atoms with Crippen LogP contribution in [0.1, 0.15) is 72.1 Å². The monoisotopic (exact) mass is 228 g/mol. The predicted octanol–water partition coefficient (Wildman–Crippen LogP) is 4.10. The summed E-state index contributed by atoms with van der Waals surface area (Å²) < 4.78 is 0. The molecular weight excluding hydrogens is 198 g/mol. The highest BCUT2D eigenvalue weighted by Crippen LogP contribution is 2.32. The zero-order valence-corrected chi connectivity index (χ0v) is 12.3. The molecule has 2 heteroatoms. The van der Waals surface area contributed by atoms with E-state index in [1.54, 1.807) is 0 Å². The van der Waals surface area contributed by atoms with Gasteiger partial charge in [0.1, 0.15) is 7.57 Å². The lowest BCUT2D eigenvalue weighted by molar-refractivity contribution is 0.596. The molecule has 15 heavy (non-hydrogen) atoms. The summed E-state index contributed by atoms with van der Waals surface area (Å²) >= 11 is 0. The van der Waals surface area contributed by atoms with Crippen LogP contribution in [0, 0.1) is 0 Å². The van der Waals surface area contributed by atoms with Crippen LogP contribution < -0.4 is 0 Å². The zero-order valence-electron chi connectivity index (χ0n) is 11.3. The molecule has 0 fully saturated rings. The fraction of sp³-hybridized carbons (Fsp3) is 0.923. The first-order valence-electron chi connectivity index (χ1n) is 6.92. The van der Waals surface area contributed by atoms with Gasteiger partial charge in [-0.1, -0.05) is 58.7 Å². The molecule has 0 aliphatic rings. The van der Waals surface area contributed by atoms with Gasteiger partial charge in [-0.05, 0) is 24.9 Å². The van der Waals surface area contributed by atoms with Crippen molar-refractivity contribution in [3.05, 3.63) is 0 Å². The molecule has 0 nitrogen and oxygen atoms in total. The van der Waals surface area contributed by atoms with E-state index in [-0.39, 0.29) is 7.42 Å². The van der Waals surface area contributed by atoms with E-state index in [9.17, 15) is 0 Å². The van der Waals surface area contributed by atoms with Crippen LogP contribution >= 0.6 is 7.42 Å². The van der Waals surface area contributed by atoms with Gasteiger partial charge < -0.3 is 0 Å². The van der Waals surface area contributed by atoms with E-state index >= 15 is 0 Å². The molecular formula is C13H30BP. The predicted molar refractivity (Wildman–Crippen MR) is 80.7 cm³/mol. The highest BCUT2D eigenvalue weighted by molar-refractivity contribution is 7.81. The first kappa shape index (κ1) is 15.4. The molecule has 0 saturated carbocycles. The quantitative estimate of drug-likeness (QED) is 0.316. The zero-order chi connectivity index (χ0) is 11.5. The Morgan fingerprint density at radius 1 is 1.00 bits per heavy atom. The maximum Gasteiger partial charge on any atom is 0.131 e. The second-order valence-electron chi connectivity index (χ2n) is 4.69. The van der Waals surface area contributed by atoms with Crippen molar-refractivity contribution in [1.29, 1.82) is 0 Å². The molecule has 2 atom stereocenters. The summed E-state index contributed by atoms with van der Waals surface area (Å²) in [5.41, 5.74) is 1.06. The van der Waals surface area contributed by atoms with Gasteiger partial charge in [-0.2, -0.15) is 7.42 Å². The van der Waals surface area contributed by atoms with Crippen molar-refractivity contribution in [3.63, 3.8) is 0 Å². The van der Waals surface area contributed by atoms with Crippen molar-refractivity contribution < 1.29 is 0 Å². The molecule has 0 aliphatic carbocycles. The second-order valence-corrected chi connectivity index (χ2v) is 7.40. The van der Waals surface area contributed by atoms with Crippen LogP contribution in [0.4, 0.5) is 0 Å². The van der Waals surface area contributed by atoms with E-state index in [2.05, 4.69) is 34.1 Å². The lowest BCUT2D eigenvalue weighted by atomic mass is 10.1. The van der Waals surface area contributed by atoms with Crippen molar-refractivity contribution in [2.75, 3.05) is 0 Å². The highest BCUT2D eigenvalue weighted by Gasteiger charge is 2.08. The summed E-state index contributed by atoms with van der Waals surface area (Å²) in [7, 11) is 2.36. The Bertz CT molecular complexity index is 166. The Kier molecular flexibility index (Phi) is 11.1. The van der Waals surface area contributed by atoms with E-state index in [0.717, 1.165) is 5.66 Å². The topological polar surface area (TPSA) is 0 Å². The maximum atomic E-state index is 2.61. The van der Waals surface area contributed by atoms with Gasteiger partial charge >= 0.3 is 0 Å². The molecule has 90 valence electrons. The lowest BCUT2D eigenvalue weighted by Crippen LogP contribution is -2.03. The van der Waals surface area contributed by atoms with Crippen molar-refractivity contribution in [3.8, 4) is 0 Å². The van der Waals surface area contributed by atoms with Crippen molar-refractivity contribution in [2.45, 2.75) is 77.8 Å². The summed E-state index contributed by atoms with van der Waals surface area (Å²) in [5.74, 6) is 2.61. The Morgan fingerprint density at radius 3 is 2.13 bits per heavy atom. The summed E-state index contributed by atoms with van der Waals surface area (Å²) in [6.07, 6.45) is 11.3. The van der Waals surface area contributed by atoms with E-state index in [4.69, 9.17) is 0 Å². The van der Waals surface area contributed by atoms with Crippen molar-refractivity contribution in [1.82, 2.24) is 0 Å². The van der Waals surface area contributed by atoms with Gasteiger partial charge in [0.25, 0.3) is 0 Å². The van der Waals surface area contributed by atoms with Crippen LogP contribution in [0.25, 0.3) is 0 Å². The van der Waals surface area contributed by atoms with Crippen LogP contribution in [0.5, 0.6) is 0 Å². The molecule has 0 rings (SSSR count). The minimum Gasteiger partial charge on any atom is -0.153 e. The average Bonchev–Trinajstić information content (AvgIpc) is 2.23. The Hall–Kier alpha value is 0.365. The average molecular weight is 228 g/mol. The maximum absolute atomic E-state index is 2.61. The van der Waals surface area contributed by atoms with E-state index in [1.807, 2.05) is 0 Å². The molecule has 0 radical (unpaired) electrons.